The van der Waals surface area contributed by atoms with Crippen LogP contribution in [0, 0.1) is 19.8 Å². The Balaban J connectivity index is 1.22. The van der Waals surface area contributed by atoms with Crippen molar-refractivity contribution >= 4 is 23.2 Å². The lowest BCUT2D eigenvalue weighted by atomic mass is 9.92. The molecule has 1 saturated carbocycles. The van der Waals surface area contributed by atoms with E-state index in [0.717, 1.165) is 55.2 Å². The number of carbonyl (C=O) groups excluding carboxylic acids is 1. The molecule has 1 aromatic carbocycles. The number of aryl methyl sites for hydroxylation is 2. The van der Waals surface area contributed by atoms with Gasteiger partial charge in [-0.05, 0) is 69.1 Å². The Kier molecular flexibility index (Phi) is 5.97. The maximum Gasteiger partial charge on any atom is 0.224 e. The first-order valence-corrected chi connectivity index (χ1v) is 10.8. The van der Waals surface area contributed by atoms with E-state index in [2.05, 4.69) is 43.7 Å². The number of carbonyl (C=O) groups is 1. The molecule has 2 N–H and O–H groups in total. The van der Waals surface area contributed by atoms with Crippen LogP contribution in [0.4, 0.5) is 17.3 Å². The van der Waals surface area contributed by atoms with E-state index in [1.54, 1.807) is 6.33 Å². The van der Waals surface area contributed by atoms with E-state index in [0.29, 0.717) is 18.4 Å². The Morgan fingerprint density at radius 3 is 2.66 bits per heavy atom. The molecule has 154 valence electrons. The van der Waals surface area contributed by atoms with Crippen molar-refractivity contribution in [3.05, 3.63) is 41.7 Å². The molecule has 0 spiro atoms. The van der Waals surface area contributed by atoms with Crippen LogP contribution in [0.2, 0.25) is 0 Å². The fourth-order valence-electron chi connectivity index (χ4n) is 3.90. The minimum Gasteiger partial charge on any atom is -0.367 e. The summed E-state index contributed by atoms with van der Waals surface area (Å²) in [5, 5.41) is 6.52. The van der Waals surface area contributed by atoms with Gasteiger partial charge < -0.3 is 15.5 Å². The van der Waals surface area contributed by atoms with Crippen LogP contribution >= 0.6 is 0 Å². The van der Waals surface area contributed by atoms with E-state index < -0.39 is 0 Å². The number of hydrogen-bond acceptors (Lipinski definition) is 5. The van der Waals surface area contributed by atoms with E-state index in [1.165, 1.54) is 18.4 Å². The van der Waals surface area contributed by atoms with Gasteiger partial charge in [0.1, 0.15) is 18.0 Å². The van der Waals surface area contributed by atoms with Crippen molar-refractivity contribution in [2.45, 2.75) is 58.4 Å². The van der Waals surface area contributed by atoms with Gasteiger partial charge in [-0.3, -0.25) is 4.79 Å². The smallest absolute Gasteiger partial charge is 0.224 e. The monoisotopic (exact) mass is 393 g/mol. The molecule has 6 heteroatoms. The third-order valence-electron chi connectivity index (χ3n) is 5.97. The molecule has 1 aliphatic carbocycles. The summed E-state index contributed by atoms with van der Waals surface area (Å²) in [7, 11) is 0. The molecule has 2 aliphatic rings. The zero-order chi connectivity index (χ0) is 20.2. The largest absolute Gasteiger partial charge is 0.367 e. The summed E-state index contributed by atoms with van der Waals surface area (Å²) in [6.07, 6.45) is 7.87. The lowest BCUT2D eigenvalue weighted by Gasteiger charge is -2.32. The third-order valence-corrected chi connectivity index (χ3v) is 5.97. The lowest BCUT2D eigenvalue weighted by molar-refractivity contribution is -0.116. The summed E-state index contributed by atoms with van der Waals surface area (Å²) < 4.78 is 0. The van der Waals surface area contributed by atoms with Crippen molar-refractivity contribution in [1.82, 2.24) is 9.97 Å². The van der Waals surface area contributed by atoms with E-state index in [9.17, 15) is 4.79 Å². The van der Waals surface area contributed by atoms with Gasteiger partial charge in [0.2, 0.25) is 5.91 Å². The number of piperidine rings is 1. The van der Waals surface area contributed by atoms with Gasteiger partial charge in [-0.25, -0.2) is 9.97 Å². The maximum absolute atomic E-state index is 12.4. The van der Waals surface area contributed by atoms with Crippen molar-refractivity contribution in [1.29, 1.82) is 0 Å². The van der Waals surface area contributed by atoms with Crippen LogP contribution in [-0.4, -0.2) is 35.0 Å². The van der Waals surface area contributed by atoms with Crippen molar-refractivity contribution in [3.63, 3.8) is 0 Å². The van der Waals surface area contributed by atoms with Gasteiger partial charge in [-0.1, -0.05) is 12.1 Å². The molecule has 4 rings (SSSR count). The van der Waals surface area contributed by atoms with E-state index in [-0.39, 0.29) is 5.91 Å². The number of anilines is 3. The third kappa shape index (κ3) is 5.46. The highest BCUT2D eigenvalue weighted by Crippen LogP contribution is 2.28. The van der Waals surface area contributed by atoms with E-state index in [1.807, 2.05) is 19.9 Å². The highest BCUT2D eigenvalue weighted by Gasteiger charge is 2.23. The van der Waals surface area contributed by atoms with Crippen molar-refractivity contribution in [3.8, 4) is 0 Å². The molecule has 29 heavy (non-hydrogen) atoms. The standard InChI is InChI=1S/C23H31N5O/c1-16-3-4-17(2)20(13-16)27-23(29)8-5-18-9-11-28(12-10-18)22-14-21(24-15-25-22)26-19-6-7-19/h3-4,13-15,18-19H,5-12H2,1-2H3,(H,27,29)(H,24,25,26). The number of hydrogen-bond donors (Lipinski definition) is 2. The molecule has 2 fully saturated rings. The second-order valence-electron chi connectivity index (χ2n) is 8.52. The number of nitrogens with zero attached hydrogens (tertiary/aromatic N) is 3. The van der Waals surface area contributed by atoms with Crippen LogP contribution in [0.3, 0.4) is 0 Å². The van der Waals surface area contributed by atoms with Gasteiger partial charge in [-0.2, -0.15) is 0 Å². The lowest BCUT2D eigenvalue weighted by Crippen LogP contribution is -2.34. The molecule has 0 unspecified atom stereocenters. The second-order valence-corrected chi connectivity index (χ2v) is 8.52. The van der Waals surface area contributed by atoms with Crippen LogP contribution in [0.15, 0.2) is 30.6 Å². The highest BCUT2D eigenvalue weighted by atomic mass is 16.1. The molecule has 1 saturated heterocycles. The molecule has 0 atom stereocenters. The van der Waals surface area contributed by atoms with Crippen LogP contribution < -0.4 is 15.5 Å². The number of aromatic nitrogens is 2. The Labute approximate surface area is 173 Å². The van der Waals surface area contributed by atoms with Gasteiger partial charge in [0.25, 0.3) is 0 Å². The molecule has 1 aromatic heterocycles. The Bertz CT molecular complexity index is 856. The average Bonchev–Trinajstić information content (AvgIpc) is 3.54. The normalized spacial score (nSPS) is 17.2. The van der Waals surface area contributed by atoms with Crippen LogP contribution in [0.5, 0.6) is 0 Å². The van der Waals surface area contributed by atoms with Crippen LogP contribution in [-0.2, 0) is 4.79 Å². The molecule has 2 aromatic rings. The molecule has 0 bridgehead atoms. The number of rotatable bonds is 7. The first-order valence-electron chi connectivity index (χ1n) is 10.8. The molecule has 6 nitrogen and oxygen atoms in total. The highest BCUT2D eigenvalue weighted by molar-refractivity contribution is 5.91. The Hall–Kier alpha value is -2.63. The van der Waals surface area contributed by atoms with Crippen molar-refractivity contribution in [2.75, 3.05) is 28.6 Å². The van der Waals surface area contributed by atoms with Gasteiger partial charge in [0.15, 0.2) is 0 Å². The summed E-state index contributed by atoms with van der Waals surface area (Å²) in [5.74, 6) is 2.66. The minimum atomic E-state index is 0.118. The molecule has 0 radical (unpaired) electrons. The number of amides is 1. The molecule has 1 aliphatic heterocycles. The topological polar surface area (TPSA) is 70.2 Å². The summed E-state index contributed by atoms with van der Waals surface area (Å²) >= 11 is 0. The zero-order valence-electron chi connectivity index (χ0n) is 17.4. The van der Waals surface area contributed by atoms with Gasteiger partial charge in [-0.15, -0.1) is 0 Å². The van der Waals surface area contributed by atoms with Gasteiger partial charge in [0.05, 0.1) is 0 Å². The molecular formula is C23H31N5O. The SMILES string of the molecule is Cc1ccc(C)c(NC(=O)CCC2CCN(c3cc(NC4CC4)ncn3)CC2)c1. The van der Waals surface area contributed by atoms with Gasteiger partial charge >= 0.3 is 0 Å². The first kappa shape index (κ1) is 19.7. The molecular weight excluding hydrogens is 362 g/mol. The average molecular weight is 394 g/mol. The number of benzene rings is 1. The Morgan fingerprint density at radius 1 is 1.10 bits per heavy atom. The fraction of sp³-hybridized carbons (Fsp3) is 0.522. The second kappa shape index (κ2) is 8.80. The van der Waals surface area contributed by atoms with Crippen LogP contribution in [0.1, 0.15) is 49.7 Å². The summed E-state index contributed by atoms with van der Waals surface area (Å²) in [5.41, 5.74) is 3.21. The quantitative estimate of drug-likeness (QED) is 0.734. The maximum atomic E-state index is 12.4. The fourth-order valence-corrected chi connectivity index (χ4v) is 3.90. The molecule has 1 amide bonds. The summed E-state index contributed by atoms with van der Waals surface area (Å²) in [6, 6.07) is 8.83. The van der Waals surface area contributed by atoms with E-state index >= 15 is 0 Å². The zero-order valence-corrected chi connectivity index (χ0v) is 17.4. The summed E-state index contributed by atoms with van der Waals surface area (Å²) in [4.78, 5) is 23.5. The predicted molar refractivity (Wildman–Crippen MR) is 117 cm³/mol. The van der Waals surface area contributed by atoms with E-state index in [4.69, 9.17) is 0 Å². The number of nitrogens with one attached hydrogen (secondary N) is 2. The van der Waals surface area contributed by atoms with Crippen LogP contribution in [0.25, 0.3) is 0 Å². The molecule has 2 heterocycles. The predicted octanol–water partition coefficient (Wildman–Crippen LogP) is 4.30. The summed E-state index contributed by atoms with van der Waals surface area (Å²) in [6.45, 7) is 6.06. The van der Waals surface area contributed by atoms with Crippen molar-refractivity contribution in [2.24, 2.45) is 5.92 Å². The van der Waals surface area contributed by atoms with Crippen molar-refractivity contribution < 1.29 is 4.79 Å². The minimum absolute atomic E-state index is 0.118. The first-order chi connectivity index (χ1) is 14.1. The Morgan fingerprint density at radius 2 is 1.90 bits per heavy atom. The van der Waals surface area contributed by atoms with Gasteiger partial charge in [0, 0.05) is 37.3 Å².